The summed E-state index contributed by atoms with van der Waals surface area (Å²) in [6.45, 7) is 1.82. The van der Waals surface area contributed by atoms with Crippen LogP contribution in [0.1, 0.15) is 24.5 Å². The number of aromatic nitrogens is 6. The number of ether oxygens (including phenoxy) is 1. The molecular formula is C16H19N7O2. The number of methoxy groups -OCH3 is 1. The van der Waals surface area contributed by atoms with Crippen LogP contribution in [0, 0.1) is 0 Å². The summed E-state index contributed by atoms with van der Waals surface area (Å²) in [5.41, 5.74) is 1.79. The van der Waals surface area contributed by atoms with Crippen LogP contribution in [0.25, 0.3) is 11.0 Å². The first-order valence-corrected chi connectivity index (χ1v) is 8.24. The van der Waals surface area contributed by atoms with Crippen molar-refractivity contribution in [2.45, 2.75) is 25.3 Å². The van der Waals surface area contributed by atoms with Gasteiger partial charge >= 0.3 is 5.97 Å². The number of carbonyl (C=O) groups is 1. The third-order valence-corrected chi connectivity index (χ3v) is 4.60. The first kappa shape index (κ1) is 15.6. The molecule has 4 heterocycles. The molecule has 1 unspecified atom stereocenters. The second-order valence-corrected chi connectivity index (χ2v) is 6.11. The lowest BCUT2D eigenvalue weighted by atomic mass is 9.95. The van der Waals surface area contributed by atoms with Gasteiger partial charge in [-0.3, -0.25) is 9.89 Å². The first-order chi connectivity index (χ1) is 12.3. The van der Waals surface area contributed by atoms with E-state index in [2.05, 4.69) is 30.2 Å². The minimum absolute atomic E-state index is 0.0349. The summed E-state index contributed by atoms with van der Waals surface area (Å²) in [5.74, 6) is 0.888. The molecule has 25 heavy (non-hydrogen) atoms. The standard InChI is InChI=1S/C16H19N7O2/c1-25-14(24)9-23-16-12(7-20-23)15(17-10-18-16)22-6-2-3-11(8-22)13-4-5-19-21-13/h4-5,7,10-11H,2-3,6,8-9H2,1H3,(H,19,21). The highest BCUT2D eigenvalue weighted by atomic mass is 16.5. The maximum Gasteiger partial charge on any atom is 0.327 e. The van der Waals surface area contributed by atoms with E-state index < -0.39 is 0 Å². The van der Waals surface area contributed by atoms with Crippen molar-refractivity contribution in [2.24, 2.45) is 0 Å². The number of nitrogens with zero attached hydrogens (tertiary/aromatic N) is 6. The Balaban J connectivity index is 1.63. The van der Waals surface area contributed by atoms with Crippen molar-refractivity contribution in [3.05, 3.63) is 30.5 Å². The van der Waals surface area contributed by atoms with Gasteiger partial charge in [-0.25, -0.2) is 14.6 Å². The zero-order valence-corrected chi connectivity index (χ0v) is 13.9. The average molecular weight is 341 g/mol. The molecule has 0 saturated carbocycles. The second-order valence-electron chi connectivity index (χ2n) is 6.11. The number of nitrogens with one attached hydrogen (secondary N) is 1. The number of hydrogen-bond acceptors (Lipinski definition) is 7. The molecule has 0 aromatic carbocycles. The Morgan fingerprint density at radius 1 is 1.44 bits per heavy atom. The van der Waals surface area contributed by atoms with E-state index in [0.717, 1.165) is 42.8 Å². The van der Waals surface area contributed by atoms with Crippen LogP contribution in [0.3, 0.4) is 0 Å². The molecule has 0 bridgehead atoms. The molecule has 3 aromatic rings. The average Bonchev–Trinajstić information content (AvgIpc) is 3.32. The van der Waals surface area contributed by atoms with E-state index in [1.165, 1.54) is 13.4 Å². The summed E-state index contributed by atoms with van der Waals surface area (Å²) in [5, 5.41) is 12.3. The second kappa shape index (κ2) is 6.50. The fourth-order valence-corrected chi connectivity index (χ4v) is 3.35. The largest absolute Gasteiger partial charge is 0.468 e. The molecule has 1 saturated heterocycles. The number of carbonyl (C=O) groups excluding carboxylic acids is 1. The number of H-pyrrole nitrogens is 1. The smallest absolute Gasteiger partial charge is 0.327 e. The van der Waals surface area contributed by atoms with Gasteiger partial charge in [0, 0.05) is 30.9 Å². The van der Waals surface area contributed by atoms with Gasteiger partial charge in [0.1, 0.15) is 18.7 Å². The highest BCUT2D eigenvalue weighted by molar-refractivity contribution is 5.87. The van der Waals surface area contributed by atoms with E-state index in [0.29, 0.717) is 11.6 Å². The van der Waals surface area contributed by atoms with Crippen molar-refractivity contribution in [2.75, 3.05) is 25.1 Å². The van der Waals surface area contributed by atoms with Gasteiger partial charge in [0.25, 0.3) is 0 Å². The van der Waals surface area contributed by atoms with Gasteiger partial charge in [-0.2, -0.15) is 10.2 Å². The predicted octanol–water partition coefficient (Wildman–Crippen LogP) is 1.11. The Bertz CT molecular complexity index is 874. The summed E-state index contributed by atoms with van der Waals surface area (Å²) in [6.07, 6.45) is 7.22. The lowest BCUT2D eigenvalue weighted by Crippen LogP contribution is -2.35. The number of rotatable bonds is 4. The Morgan fingerprint density at radius 2 is 2.36 bits per heavy atom. The summed E-state index contributed by atoms with van der Waals surface area (Å²) < 4.78 is 6.26. The van der Waals surface area contributed by atoms with E-state index in [9.17, 15) is 4.79 Å². The summed E-state index contributed by atoms with van der Waals surface area (Å²) >= 11 is 0. The summed E-state index contributed by atoms with van der Waals surface area (Å²) in [7, 11) is 1.36. The molecular weight excluding hydrogens is 322 g/mol. The molecule has 9 heteroatoms. The van der Waals surface area contributed by atoms with Gasteiger partial charge < -0.3 is 9.64 Å². The molecule has 9 nitrogen and oxygen atoms in total. The van der Waals surface area contributed by atoms with Crippen molar-refractivity contribution >= 4 is 22.8 Å². The van der Waals surface area contributed by atoms with Crippen molar-refractivity contribution in [1.29, 1.82) is 0 Å². The maximum absolute atomic E-state index is 11.5. The van der Waals surface area contributed by atoms with Crippen LogP contribution >= 0.6 is 0 Å². The van der Waals surface area contributed by atoms with Crippen LogP contribution < -0.4 is 4.90 Å². The van der Waals surface area contributed by atoms with Crippen molar-refractivity contribution in [3.8, 4) is 0 Å². The number of esters is 1. The third-order valence-electron chi connectivity index (χ3n) is 4.60. The van der Waals surface area contributed by atoms with Gasteiger partial charge in [0.05, 0.1) is 18.7 Å². The summed E-state index contributed by atoms with van der Waals surface area (Å²) in [6, 6.07) is 2.03. The topological polar surface area (TPSA) is 102 Å². The molecule has 1 aliphatic rings. The number of aromatic amines is 1. The molecule has 1 N–H and O–H groups in total. The molecule has 1 fully saturated rings. The van der Waals surface area contributed by atoms with Crippen LogP contribution in [0.5, 0.6) is 0 Å². The van der Waals surface area contributed by atoms with E-state index in [1.807, 2.05) is 6.07 Å². The molecule has 0 spiro atoms. The molecule has 0 aliphatic carbocycles. The molecule has 0 radical (unpaired) electrons. The van der Waals surface area contributed by atoms with Crippen LogP contribution in [0.15, 0.2) is 24.8 Å². The van der Waals surface area contributed by atoms with Crippen LogP contribution in [0.2, 0.25) is 0 Å². The van der Waals surface area contributed by atoms with E-state index >= 15 is 0 Å². The Hall–Kier alpha value is -2.97. The fraction of sp³-hybridized carbons (Fsp3) is 0.438. The fourth-order valence-electron chi connectivity index (χ4n) is 3.35. The highest BCUT2D eigenvalue weighted by Gasteiger charge is 2.25. The zero-order chi connectivity index (χ0) is 17.2. The van der Waals surface area contributed by atoms with Crippen LogP contribution in [0.4, 0.5) is 5.82 Å². The van der Waals surface area contributed by atoms with Gasteiger partial charge in [-0.1, -0.05) is 0 Å². The van der Waals surface area contributed by atoms with Crippen molar-refractivity contribution < 1.29 is 9.53 Å². The third kappa shape index (κ3) is 2.92. The lowest BCUT2D eigenvalue weighted by Gasteiger charge is -2.33. The minimum Gasteiger partial charge on any atom is -0.468 e. The Kier molecular flexibility index (Phi) is 4.04. The molecule has 4 rings (SSSR count). The zero-order valence-electron chi connectivity index (χ0n) is 13.9. The molecule has 130 valence electrons. The molecule has 1 aliphatic heterocycles. The van der Waals surface area contributed by atoms with Crippen LogP contribution in [-0.2, 0) is 16.1 Å². The van der Waals surface area contributed by atoms with Crippen LogP contribution in [-0.4, -0.2) is 56.1 Å². The van der Waals surface area contributed by atoms with E-state index in [1.54, 1.807) is 17.1 Å². The minimum atomic E-state index is -0.359. The number of piperidine rings is 1. The SMILES string of the molecule is COC(=O)Cn1ncc2c(N3CCCC(c4ccn[nH]4)C3)ncnc21. The van der Waals surface area contributed by atoms with Gasteiger partial charge in [0.2, 0.25) is 0 Å². The monoisotopic (exact) mass is 341 g/mol. The maximum atomic E-state index is 11.5. The molecule has 1 atom stereocenters. The predicted molar refractivity (Wildman–Crippen MR) is 90.1 cm³/mol. The molecule has 3 aromatic heterocycles. The van der Waals surface area contributed by atoms with E-state index in [4.69, 9.17) is 4.74 Å². The first-order valence-electron chi connectivity index (χ1n) is 8.24. The number of hydrogen-bond donors (Lipinski definition) is 1. The highest BCUT2D eigenvalue weighted by Crippen LogP contribution is 2.31. The van der Waals surface area contributed by atoms with Gasteiger partial charge in [-0.15, -0.1) is 0 Å². The Morgan fingerprint density at radius 3 is 3.16 bits per heavy atom. The van der Waals surface area contributed by atoms with Gasteiger partial charge in [-0.05, 0) is 18.9 Å². The van der Waals surface area contributed by atoms with Crippen molar-refractivity contribution in [3.63, 3.8) is 0 Å². The van der Waals surface area contributed by atoms with Crippen molar-refractivity contribution in [1.82, 2.24) is 29.9 Å². The number of fused-ring (bicyclic) bond motifs is 1. The quantitative estimate of drug-likeness (QED) is 0.709. The Labute approximate surface area is 144 Å². The normalized spacial score (nSPS) is 17.8. The summed E-state index contributed by atoms with van der Waals surface area (Å²) in [4.78, 5) is 22.6. The van der Waals surface area contributed by atoms with E-state index in [-0.39, 0.29) is 12.5 Å². The number of anilines is 1. The molecule has 0 amide bonds. The lowest BCUT2D eigenvalue weighted by molar-refractivity contribution is -0.141. The van der Waals surface area contributed by atoms with Gasteiger partial charge in [0.15, 0.2) is 5.65 Å².